The summed E-state index contributed by atoms with van der Waals surface area (Å²) in [4.78, 5) is 0. The van der Waals surface area contributed by atoms with E-state index in [1.54, 1.807) is 0 Å². The highest BCUT2D eigenvalue weighted by Gasteiger charge is 1.80. The van der Waals surface area contributed by atoms with E-state index < -0.39 is 10.0 Å². The van der Waals surface area contributed by atoms with Crippen LogP contribution in [0.25, 0.3) is 0 Å². The third-order valence-corrected chi connectivity index (χ3v) is 1.23. The Hall–Kier alpha value is 0.177. The highest BCUT2D eigenvalue weighted by atomic mass is 28.1. The minimum absolute atomic E-state index is 0.465. The van der Waals surface area contributed by atoms with E-state index in [0.717, 1.165) is 19.3 Å². The van der Waals surface area contributed by atoms with Gasteiger partial charge in [-0.1, -0.05) is 18.9 Å². The predicted molar refractivity (Wildman–Crippen MR) is 37.7 cm³/mol. The van der Waals surface area contributed by atoms with Crippen molar-refractivity contribution in [2.24, 2.45) is 5.73 Å². The second-order valence-corrected chi connectivity index (χ2v) is 2.10. The van der Waals surface area contributed by atoms with E-state index in [-0.39, 0.29) is 0 Å². The molecule has 0 saturated carbocycles. The van der Waals surface area contributed by atoms with Crippen molar-refractivity contribution in [1.29, 1.82) is 3.70 Å². The number of rotatable bonds is 5. The molecule has 44 valence electrons. The van der Waals surface area contributed by atoms with Gasteiger partial charge in [-0.15, -0.1) is 0 Å². The molecule has 0 radical (unpaired) electrons. The van der Waals surface area contributed by atoms with Gasteiger partial charge in [-0.25, -0.2) is 0 Å². The first-order valence-corrected chi connectivity index (χ1v) is 3.47. The molecule has 0 spiro atoms. The molecule has 0 aliphatic heterocycles. The van der Waals surface area contributed by atoms with Crippen molar-refractivity contribution in [3.8, 4) is 0 Å². The molecule has 0 atom stereocenters. The Morgan fingerprint density at radius 3 is 2.86 bits per heavy atom. The standard InChI is InChI=1S/C5H15NSi/c6-4-2-1-3-5-7/h1-6H2,7H3/i7T3. The van der Waals surface area contributed by atoms with Gasteiger partial charge in [0.15, 0.2) is 0 Å². The van der Waals surface area contributed by atoms with Crippen molar-refractivity contribution in [2.75, 3.05) is 6.54 Å². The largest absolute Gasteiger partial charge is 0.330 e. The molecule has 0 aromatic carbocycles. The van der Waals surface area contributed by atoms with Crippen molar-refractivity contribution < 1.29 is 0 Å². The minimum atomic E-state index is -3.00. The number of nitrogens with two attached hydrogens (primary N) is 1. The maximum atomic E-state index is 7.01. The van der Waals surface area contributed by atoms with Crippen molar-refractivity contribution in [3.63, 3.8) is 0 Å². The Morgan fingerprint density at radius 1 is 1.43 bits per heavy atom. The van der Waals surface area contributed by atoms with E-state index in [0.29, 0.717) is 12.6 Å². The summed E-state index contributed by atoms with van der Waals surface area (Å²) in [6.07, 6.45) is 2.77. The van der Waals surface area contributed by atoms with Gasteiger partial charge in [0, 0.05) is 13.7 Å². The van der Waals surface area contributed by atoms with E-state index in [9.17, 15) is 0 Å². The van der Waals surface area contributed by atoms with Gasteiger partial charge in [-0.05, 0) is 13.0 Å². The lowest BCUT2D eigenvalue weighted by molar-refractivity contribution is 0.727. The average molecular weight is 123 g/mol. The highest BCUT2D eigenvalue weighted by molar-refractivity contribution is 6.08. The number of unbranched alkanes of at least 4 members (excludes halogenated alkanes) is 2. The zero-order chi connectivity index (χ0) is 8.04. The SMILES string of the molecule is [3H][Si]([3H])([3H])CCCCCN. The van der Waals surface area contributed by atoms with Gasteiger partial charge < -0.3 is 5.73 Å². The summed E-state index contributed by atoms with van der Waals surface area (Å²) in [5, 5.41) is 0. The summed E-state index contributed by atoms with van der Waals surface area (Å²) in [6, 6.07) is 0.465. The van der Waals surface area contributed by atoms with Gasteiger partial charge >= 0.3 is 0 Å². The van der Waals surface area contributed by atoms with Crippen molar-refractivity contribution in [3.05, 3.63) is 0 Å². The van der Waals surface area contributed by atoms with Gasteiger partial charge in [-0.2, -0.15) is 0 Å². The average Bonchev–Trinajstić information content (AvgIpc) is 1.78. The molecular weight excluding hydrogens is 102 g/mol. The van der Waals surface area contributed by atoms with Crippen LogP contribution in [0.1, 0.15) is 19.3 Å². The third-order valence-electron chi connectivity index (χ3n) is 0.881. The van der Waals surface area contributed by atoms with Gasteiger partial charge in [0.1, 0.15) is 0 Å². The van der Waals surface area contributed by atoms with E-state index >= 15 is 0 Å². The molecule has 0 aromatic heterocycles. The summed E-state index contributed by atoms with van der Waals surface area (Å²) in [5.74, 6) is 0. The maximum Gasteiger partial charge on any atom is 0.00729 e. The minimum Gasteiger partial charge on any atom is -0.330 e. The third kappa shape index (κ3) is 6.18. The van der Waals surface area contributed by atoms with Gasteiger partial charge in [0.25, 0.3) is 0 Å². The molecule has 0 saturated heterocycles. The Labute approximate surface area is 52.4 Å². The molecule has 0 aliphatic rings. The van der Waals surface area contributed by atoms with Crippen LogP contribution in [0.15, 0.2) is 0 Å². The molecular formula is C5H15NSi. The summed E-state index contributed by atoms with van der Waals surface area (Å²) >= 11 is 0. The Morgan fingerprint density at radius 2 is 2.29 bits per heavy atom. The smallest absolute Gasteiger partial charge is 0.00729 e. The van der Waals surface area contributed by atoms with Crippen molar-refractivity contribution >= 4 is 10.0 Å². The van der Waals surface area contributed by atoms with Crippen LogP contribution in [0.5, 0.6) is 0 Å². The monoisotopic (exact) mass is 123 g/mol. The molecule has 0 amide bonds. The highest BCUT2D eigenvalue weighted by Crippen LogP contribution is 1.94. The molecule has 2 heteroatoms. The zero-order valence-electron chi connectivity index (χ0n) is 7.61. The normalized spacial score (nSPS) is 17.6. The Bertz CT molecular complexity index is 83.5. The van der Waals surface area contributed by atoms with E-state index in [2.05, 4.69) is 0 Å². The van der Waals surface area contributed by atoms with E-state index in [1.165, 1.54) is 0 Å². The van der Waals surface area contributed by atoms with Gasteiger partial charge in [0.2, 0.25) is 0 Å². The first kappa shape index (κ1) is 3.25. The fourth-order valence-electron chi connectivity index (χ4n) is 0.446. The molecule has 0 fully saturated rings. The fourth-order valence-corrected chi connectivity index (χ4v) is 0.696. The first-order valence-electron chi connectivity index (χ1n) is 4.26. The molecule has 7 heavy (non-hydrogen) atoms. The summed E-state index contributed by atoms with van der Waals surface area (Å²) in [5.41, 5.74) is 5.25. The van der Waals surface area contributed by atoms with Crippen molar-refractivity contribution in [1.82, 2.24) is 0 Å². The quantitative estimate of drug-likeness (QED) is 0.401. The van der Waals surface area contributed by atoms with Crippen LogP contribution in [-0.2, 0) is 0 Å². The molecule has 2 N–H and O–H groups in total. The molecule has 0 rings (SSSR count). The summed E-state index contributed by atoms with van der Waals surface area (Å²) in [6.45, 7) is 0.683. The first-order chi connectivity index (χ1) is 4.56. The van der Waals surface area contributed by atoms with Gasteiger partial charge in [0.05, 0.1) is 0 Å². The van der Waals surface area contributed by atoms with Crippen LogP contribution < -0.4 is 5.73 Å². The number of hydrogen-bond acceptors (Lipinski definition) is 1. The van der Waals surface area contributed by atoms with Crippen LogP contribution in [0, 0.1) is 0 Å². The maximum absolute atomic E-state index is 7.01. The van der Waals surface area contributed by atoms with Crippen LogP contribution in [0.3, 0.4) is 0 Å². The molecule has 1 nitrogen and oxygen atoms in total. The lowest BCUT2D eigenvalue weighted by Gasteiger charge is -1.90. The molecule has 0 heterocycles. The second-order valence-electron chi connectivity index (χ2n) is 1.60. The van der Waals surface area contributed by atoms with Crippen molar-refractivity contribution in [2.45, 2.75) is 25.3 Å². The van der Waals surface area contributed by atoms with E-state index in [4.69, 9.17) is 9.44 Å². The second kappa shape index (κ2) is 6.18. The van der Waals surface area contributed by atoms with Crippen LogP contribution >= 0.6 is 0 Å². The van der Waals surface area contributed by atoms with Crippen LogP contribution in [-0.4, -0.2) is 20.3 Å². The summed E-state index contributed by atoms with van der Waals surface area (Å²) in [7, 11) is -3.00. The van der Waals surface area contributed by atoms with Crippen LogP contribution in [0.4, 0.5) is 0 Å². The van der Waals surface area contributed by atoms with Gasteiger partial charge in [-0.3, -0.25) is 0 Å². The topological polar surface area (TPSA) is 26.0 Å². The molecule has 0 bridgehead atoms. The molecule has 0 aromatic rings. The zero-order valence-corrected chi connectivity index (χ0v) is 5.61. The Kier molecular flexibility index (Phi) is 2.87. The lowest BCUT2D eigenvalue weighted by Crippen LogP contribution is -1.97. The summed E-state index contributed by atoms with van der Waals surface area (Å²) < 4.78 is 21.0. The lowest BCUT2D eigenvalue weighted by atomic mass is 10.2. The fraction of sp³-hybridized carbons (Fsp3) is 1.00. The molecule has 0 aliphatic carbocycles. The number of hydrogen-bond donors (Lipinski definition) is 1. The van der Waals surface area contributed by atoms with E-state index in [1.807, 2.05) is 0 Å². The predicted octanol–water partition coefficient (Wildman–Crippen LogP) is -0.101. The van der Waals surface area contributed by atoms with Crippen LogP contribution in [0.2, 0.25) is 6.04 Å². The molecule has 0 unspecified atom stereocenters. The Balaban J connectivity index is 3.04.